The Balaban J connectivity index is 2.32. The number of hydrogen-bond donors (Lipinski definition) is 0. The van der Waals surface area contributed by atoms with Crippen LogP contribution in [0, 0.1) is 15.6 Å². The molecule has 26 valence electrons. The van der Waals surface area contributed by atoms with Crippen LogP contribution in [-0.2, 0) is 0 Å². The predicted octanol–water partition coefficient (Wildman–Crippen LogP) is -0.218. The Morgan fingerprint density at radius 3 is 1.00 bits per heavy atom. The fourth-order valence-electron chi connectivity index (χ4n) is 0. The molecule has 0 unspecified atom stereocenters. The highest BCUT2D eigenvalue weighted by Gasteiger charge is 1.05. The summed E-state index contributed by atoms with van der Waals surface area (Å²) in [6, 6.07) is 0. The van der Waals surface area contributed by atoms with E-state index in [-0.39, 0.29) is 0 Å². The van der Waals surface area contributed by atoms with Crippen molar-refractivity contribution in [2.45, 2.75) is 0 Å². The lowest BCUT2D eigenvalue weighted by molar-refractivity contribution is 0.711. The van der Waals surface area contributed by atoms with Gasteiger partial charge in [-0.2, -0.15) is 0 Å². The molecule has 4 heteroatoms. The summed E-state index contributed by atoms with van der Waals surface area (Å²) in [5.74, 6) is 0. The normalized spacial score (nSPS) is 9.00. The van der Waals surface area contributed by atoms with Crippen LogP contribution in [0.1, 0.15) is 0 Å². The van der Waals surface area contributed by atoms with Crippen LogP contribution in [0.2, 0.25) is 0 Å². The van der Waals surface area contributed by atoms with E-state index in [1.54, 1.807) is 0 Å². The van der Waals surface area contributed by atoms with Crippen molar-refractivity contribution in [2.75, 3.05) is 0 Å². The first-order valence-electron chi connectivity index (χ1n) is 0.548. The van der Waals surface area contributed by atoms with Gasteiger partial charge in [0.15, 0.2) is 0 Å². The molecular weight excluding hydrogens is 62.0 g/mol. The van der Waals surface area contributed by atoms with E-state index < -0.39 is 5.39 Å². The van der Waals surface area contributed by atoms with Gasteiger partial charge in [0.05, 0.1) is 0 Å². The second-order valence-electron chi connectivity index (χ2n) is 0.224. The molecule has 0 aliphatic rings. The molecule has 0 aromatic heterocycles. The third-order valence-corrected chi connectivity index (χ3v) is 0. The Bertz CT molecular complexity index is 8.00. The summed E-state index contributed by atoms with van der Waals surface area (Å²) in [5, 5.41) is 23.0. The third-order valence-electron chi connectivity index (χ3n) is 0. The molecule has 0 saturated carbocycles. The first-order valence-corrected chi connectivity index (χ1v) is 0.548. The van der Waals surface area contributed by atoms with Crippen LogP contribution in [0.4, 0.5) is 0 Å². The molecule has 0 spiro atoms. The van der Waals surface area contributed by atoms with Crippen LogP contribution in [0.15, 0.2) is 0 Å². The van der Waals surface area contributed by atoms with Crippen LogP contribution < -0.4 is 0 Å². The van der Waals surface area contributed by atoms with E-state index in [1.807, 2.05) is 0 Å². The molecule has 0 fully saturated rings. The average molecular weight is 62.0 g/mol. The highest BCUT2D eigenvalue weighted by molar-refractivity contribution is 4.50. The molecule has 0 amide bonds. The standard InChI is InChI=1S/NO3/c2-1(3)4/q-3. The first kappa shape index (κ1) is 3.84. The second kappa shape index (κ2) is 1.19. The van der Waals surface area contributed by atoms with Crippen molar-refractivity contribution >= 4 is 0 Å². The molecule has 0 N–H and O–H groups in total. The molecular formula is NO3-3. The molecule has 4 nitrogen and oxygen atoms in total. The van der Waals surface area contributed by atoms with Crippen molar-refractivity contribution in [3.05, 3.63) is 15.6 Å². The zero-order valence-corrected chi connectivity index (χ0v) is 1.67. The van der Waals surface area contributed by atoms with Gasteiger partial charge in [0.2, 0.25) is 0 Å². The number of hydrogen-bond acceptors (Lipinski definition) is 4. The minimum absolute atomic E-state index is 1.75. The highest BCUT2D eigenvalue weighted by atomic mass is 17.0. The Kier molecular flexibility index (Phi) is 1.14. The monoisotopic (exact) mass is 62.0 g/mol. The average Bonchev–Trinajstić information content (AvgIpc) is 0.811. The van der Waals surface area contributed by atoms with Gasteiger partial charge >= 0.3 is 0 Å². The maximum atomic E-state index is 8.25. The van der Waals surface area contributed by atoms with Gasteiger partial charge in [-0.1, -0.05) is 0 Å². The summed E-state index contributed by atoms with van der Waals surface area (Å²) in [5.41, 5.74) is 0. The van der Waals surface area contributed by atoms with Gasteiger partial charge in [-0.05, 0) is 0 Å². The molecule has 0 aliphatic heterocycles. The Morgan fingerprint density at radius 1 is 1.00 bits per heavy atom. The molecule has 0 atom stereocenters. The smallest absolute Gasteiger partial charge is 0.573 e. The minimum atomic E-state index is -1.75. The third kappa shape index (κ3) is 50.7. The van der Waals surface area contributed by atoms with Crippen LogP contribution in [0.3, 0.4) is 0 Å². The topological polar surface area (TPSA) is 72.4 Å². The van der Waals surface area contributed by atoms with Gasteiger partial charge in [0.1, 0.15) is 0 Å². The maximum Gasteiger partial charge on any atom is -0.573 e. The Morgan fingerprint density at radius 2 is 1.00 bits per heavy atom. The summed E-state index contributed by atoms with van der Waals surface area (Å²) in [6.45, 7) is 0. The van der Waals surface area contributed by atoms with E-state index in [2.05, 4.69) is 0 Å². The summed E-state index contributed by atoms with van der Waals surface area (Å²) < 4.78 is 0. The van der Waals surface area contributed by atoms with E-state index in [0.29, 0.717) is 0 Å². The fourth-order valence-corrected chi connectivity index (χ4v) is 0. The van der Waals surface area contributed by atoms with Gasteiger partial charge in [0, 0.05) is 0 Å². The van der Waals surface area contributed by atoms with E-state index in [1.165, 1.54) is 0 Å². The molecule has 0 aliphatic carbocycles. The summed E-state index contributed by atoms with van der Waals surface area (Å²) in [4.78, 5) is 0. The minimum Gasteiger partial charge on any atom is -0.809 e. The van der Waals surface area contributed by atoms with Crippen molar-refractivity contribution in [3.8, 4) is 0 Å². The van der Waals surface area contributed by atoms with Crippen LogP contribution >= 0.6 is 0 Å². The van der Waals surface area contributed by atoms with Gasteiger partial charge in [0.25, 0.3) is 0 Å². The number of rotatable bonds is 0. The fraction of sp³-hybridized carbons (Fsp3) is 0. The molecule has 0 bridgehead atoms. The molecule has 0 aromatic carbocycles. The van der Waals surface area contributed by atoms with Crippen LogP contribution in [-0.4, -0.2) is 5.39 Å². The predicted molar refractivity (Wildman–Crippen MR) is 11.9 cm³/mol. The molecule has 0 heterocycles. The Labute approximate surface area is 22.4 Å². The van der Waals surface area contributed by atoms with Gasteiger partial charge in [-0.15, -0.1) is 0 Å². The SMILES string of the molecule is [O-]N([O-])[O-]. The van der Waals surface area contributed by atoms with Crippen molar-refractivity contribution in [2.24, 2.45) is 0 Å². The van der Waals surface area contributed by atoms with Crippen molar-refractivity contribution < 1.29 is 0 Å². The summed E-state index contributed by atoms with van der Waals surface area (Å²) in [7, 11) is 0. The van der Waals surface area contributed by atoms with Crippen molar-refractivity contribution in [3.63, 3.8) is 0 Å². The van der Waals surface area contributed by atoms with Crippen LogP contribution in [0.25, 0.3) is 0 Å². The first-order chi connectivity index (χ1) is 1.73. The van der Waals surface area contributed by atoms with Gasteiger partial charge in [-0.3, -0.25) is 0 Å². The van der Waals surface area contributed by atoms with E-state index >= 15 is 0 Å². The maximum absolute atomic E-state index is 8.25. The van der Waals surface area contributed by atoms with E-state index in [9.17, 15) is 0 Å². The van der Waals surface area contributed by atoms with Crippen LogP contribution in [0.5, 0.6) is 0 Å². The van der Waals surface area contributed by atoms with Gasteiger partial charge < -0.3 is 21.0 Å². The molecule has 0 rings (SSSR count). The lowest BCUT2D eigenvalue weighted by atomic mass is 13.0. The van der Waals surface area contributed by atoms with Gasteiger partial charge in [-0.25, -0.2) is 0 Å². The lowest BCUT2D eigenvalue weighted by Crippen LogP contribution is -1.88. The van der Waals surface area contributed by atoms with E-state index in [4.69, 9.17) is 15.6 Å². The number of nitrogens with zero attached hydrogens (tertiary/aromatic N) is 1. The zero-order valence-electron chi connectivity index (χ0n) is 1.67. The van der Waals surface area contributed by atoms with Crippen molar-refractivity contribution in [1.82, 2.24) is 5.39 Å². The zero-order chi connectivity index (χ0) is 3.58. The van der Waals surface area contributed by atoms with Crippen molar-refractivity contribution in [1.29, 1.82) is 0 Å². The summed E-state index contributed by atoms with van der Waals surface area (Å²) in [6.07, 6.45) is 0. The van der Waals surface area contributed by atoms with E-state index in [0.717, 1.165) is 0 Å². The summed E-state index contributed by atoms with van der Waals surface area (Å²) >= 11 is 0. The second-order valence-corrected chi connectivity index (χ2v) is 0.224. The quantitative estimate of drug-likeness (QED) is 0.363. The molecule has 0 saturated heterocycles. The molecule has 0 radical (unpaired) electrons. The molecule has 0 aromatic rings. The largest absolute Gasteiger partial charge is 0.809 e. The highest BCUT2D eigenvalue weighted by Crippen LogP contribution is 1.60. The lowest BCUT2D eigenvalue weighted by Gasteiger charge is -2.43. The Hall–Kier alpha value is -0.160. The molecule has 4 heavy (non-hydrogen) atoms.